The summed E-state index contributed by atoms with van der Waals surface area (Å²) in [5, 5.41) is 6.58. The van der Waals surface area contributed by atoms with Crippen LogP contribution < -0.4 is 10.6 Å². The summed E-state index contributed by atoms with van der Waals surface area (Å²) in [6.07, 6.45) is 0. The molecule has 3 aromatic rings. The van der Waals surface area contributed by atoms with Crippen LogP contribution in [-0.4, -0.2) is 9.97 Å². The van der Waals surface area contributed by atoms with Gasteiger partial charge < -0.3 is 10.6 Å². The number of hydrogen-bond acceptors (Lipinski definition) is 4. The summed E-state index contributed by atoms with van der Waals surface area (Å²) in [4.78, 5) is 8.98. The molecule has 0 aliphatic heterocycles. The standard InChI is InChI=1S/C19H20N4/c1-13-9-10-17(11-14(13)2)21-18-12-15(3)20-19(23-18)22-16-7-5-4-6-8-16/h4-12H,1-3H3,(H2,20,21,22,23). The van der Waals surface area contributed by atoms with Crippen LogP contribution in [0, 0.1) is 20.8 Å². The zero-order valence-electron chi connectivity index (χ0n) is 13.6. The van der Waals surface area contributed by atoms with Gasteiger partial charge in [-0.3, -0.25) is 0 Å². The van der Waals surface area contributed by atoms with Crippen LogP contribution in [-0.2, 0) is 0 Å². The number of hydrogen-bond donors (Lipinski definition) is 2. The molecule has 2 aromatic carbocycles. The number of para-hydroxylation sites is 1. The highest BCUT2D eigenvalue weighted by Gasteiger charge is 2.04. The molecule has 0 bridgehead atoms. The molecule has 0 fully saturated rings. The van der Waals surface area contributed by atoms with Crippen molar-refractivity contribution in [3.63, 3.8) is 0 Å². The van der Waals surface area contributed by atoms with Gasteiger partial charge in [0.1, 0.15) is 5.82 Å². The Hall–Kier alpha value is -2.88. The minimum atomic E-state index is 0.586. The Labute approximate surface area is 136 Å². The number of benzene rings is 2. The maximum atomic E-state index is 4.54. The molecule has 0 saturated carbocycles. The maximum Gasteiger partial charge on any atom is 0.229 e. The monoisotopic (exact) mass is 304 g/mol. The molecule has 0 atom stereocenters. The first-order chi connectivity index (χ1) is 11.1. The Bertz CT molecular complexity index is 813. The third-order valence-corrected chi connectivity index (χ3v) is 3.66. The SMILES string of the molecule is Cc1cc(Nc2ccc(C)c(C)c2)nc(Nc2ccccc2)n1. The van der Waals surface area contributed by atoms with Crippen LogP contribution in [0.15, 0.2) is 54.6 Å². The maximum absolute atomic E-state index is 4.54. The Morgan fingerprint density at radius 2 is 1.48 bits per heavy atom. The van der Waals surface area contributed by atoms with E-state index in [2.05, 4.69) is 52.6 Å². The van der Waals surface area contributed by atoms with E-state index in [1.165, 1.54) is 11.1 Å². The Balaban J connectivity index is 1.83. The molecule has 0 amide bonds. The molecule has 0 saturated heterocycles. The molecule has 2 N–H and O–H groups in total. The highest BCUT2D eigenvalue weighted by atomic mass is 15.1. The van der Waals surface area contributed by atoms with Crippen LogP contribution in [0.25, 0.3) is 0 Å². The van der Waals surface area contributed by atoms with Crippen molar-refractivity contribution in [2.75, 3.05) is 10.6 Å². The second kappa shape index (κ2) is 6.48. The van der Waals surface area contributed by atoms with Gasteiger partial charge in [-0.2, -0.15) is 4.98 Å². The third-order valence-electron chi connectivity index (χ3n) is 3.66. The Morgan fingerprint density at radius 3 is 2.22 bits per heavy atom. The number of aromatic nitrogens is 2. The smallest absolute Gasteiger partial charge is 0.229 e. The highest BCUT2D eigenvalue weighted by molar-refractivity contribution is 5.61. The Morgan fingerprint density at radius 1 is 0.696 bits per heavy atom. The van der Waals surface area contributed by atoms with Crippen molar-refractivity contribution < 1.29 is 0 Å². The topological polar surface area (TPSA) is 49.8 Å². The zero-order valence-corrected chi connectivity index (χ0v) is 13.6. The van der Waals surface area contributed by atoms with Gasteiger partial charge in [0.15, 0.2) is 0 Å². The number of rotatable bonds is 4. The fourth-order valence-electron chi connectivity index (χ4n) is 2.31. The lowest BCUT2D eigenvalue weighted by molar-refractivity contribution is 1.11. The number of nitrogens with one attached hydrogen (secondary N) is 2. The molecule has 4 heteroatoms. The largest absolute Gasteiger partial charge is 0.340 e. The van der Waals surface area contributed by atoms with E-state index in [0.29, 0.717) is 5.95 Å². The predicted molar refractivity (Wildman–Crippen MR) is 95.7 cm³/mol. The molecular weight excluding hydrogens is 284 g/mol. The molecule has 0 unspecified atom stereocenters. The summed E-state index contributed by atoms with van der Waals surface area (Å²) in [5.41, 5.74) is 5.43. The van der Waals surface area contributed by atoms with Crippen molar-refractivity contribution >= 4 is 23.1 Å². The van der Waals surface area contributed by atoms with Crippen LogP contribution in [0.5, 0.6) is 0 Å². The second-order valence-electron chi connectivity index (χ2n) is 5.63. The summed E-state index contributed by atoms with van der Waals surface area (Å²) < 4.78 is 0. The van der Waals surface area contributed by atoms with Gasteiger partial charge in [-0.1, -0.05) is 24.3 Å². The third kappa shape index (κ3) is 3.86. The fourth-order valence-corrected chi connectivity index (χ4v) is 2.31. The quantitative estimate of drug-likeness (QED) is 0.720. The van der Waals surface area contributed by atoms with E-state index in [9.17, 15) is 0 Å². The average molecular weight is 304 g/mol. The van der Waals surface area contributed by atoms with Gasteiger partial charge in [0.05, 0.1) is 0 Å². The Kier molecular flexibility index (Phi) is 4.24. The van der Waals surface area contributed by atoms with Gasteiger partial charge in [0.2, 0.25) is 5.95 Å². The number of nitrogens with zero attached hydrogens (tertiary/aromatic N) is 2. The van der Waals surface area contributed by atoms with E-state index in [0.717, 1.165) is 22.9 Å². The minimum Gasteiger partial charge on any atom is -0.340 e. The predicted octanol–water partition coefficient (Wildman–Crippen LogP) is 4.89. The second-order valence-corrected chi connectivity index (χ2v) is 5.63. The van der Waals surface area contributed by atoms with E-state index in [1.807, 2.05) is 43.3 Å². The normalized spacial score (nSPS) is 10.4. The van der Waals surface area contributed by atoms with Crippen molar-refractivity contribution in [2.24, 2.45) is 0 Å². The van der Waals surface area contributed by atoms with Crippen molar-refractivity contribution in [3.8, 4) is 0 Å². The first-order valence-corrected chi connectivity index (χ1v) is 7.62. The number of aryl methyl sites for hydroxylation is 3. The van der Waals surface area contributed by atoms with E-state index in [4.69, 9.17) is 0 Å². The van der Waals surface area contributed by atoms with Crippen LogP contribution in [0.1, 0.15) is 16.8 Å². The lowest BCUT2D eigenvalue weighted by atomic mass is 10.1. The van der Waals surface area contributed by atoms with Crippen LogP contribution in [0.2, 0.25) is 0 Å². The molecule has 0 aliphatic carbocycles. The zero-order chi connectivity index (χ0) is 16.2. The van der Waals surface area contributed by atoms with Crippen molar-refractivity contribution in [2.45, 2.75) is 20.8 Å². The first-order valence-electron chi connectivity index (χ1n) is 7.62. The fraction of sp³-hybridized carbons (Fsp3) is 0.158. The summed E-state index contributed by atoms with van der Waals surface area (Å²) in [6.45, 7) is 6.17. The lowest BCUT2D eigenvalue weighted by Crippen LogP contribution is -2.02. The highest BCUT2D eigenvalue weighted by Crippen LogP contribution is 2.21. The van der Waals surface area contributed by atoms with Crippen molar-refractivity contribution in [3.05, 3.63) is 71.4 Å². The van der Waals surface area contributed by atoms with Crippen LogP contribution >= 0.6 is 0 Å². The first kappa shape index (κ1) is 15.0. The molecule has 1 aromatic heterocycles. The van der Waals surface area contributed by atoms with Gasteiger partial charge in [-0.05, 0) is 56.2 Å². The van der Waals surface area contributed by atoms with Crippen LogP contribution in [0.4, 0.5) is 23.1 Å². The molecule has 116 valence electrons. The van der Waals surface area contributed by atoms with Crippen LogP contribution in [0.3, 0.4) is 0 Å². The molecule has 0 spiro atoms. The summed E-state index contributed by atoms with van der Waals surface area (Å²) in [6, 6.07) is 18.1. The molecule has 0 radical (unpaired) electrons. The molecule has 3 rings (SSSR count). The van der Waals surface area contributed by atoms with E-state index in [1.54, 1.807) is 0 Å². The average Bonchev–Trinajstić information content (AvgIpc) is 2.51. The van der Waals surface area contributed by atoms with Crippen molar-refractivity contribution in [1.29, 1.82) is 0 Å². The molecule has 0 aliphatic rings. The van der Waals surface area contributed by atoms with E-state index in [-0.39, 0.29) is 0 Å². The summed E-state index contributed by atoms with van der Waals surface area (Å²) >= 11 is 0. The summed E-state index contributed by atoms with van der Waals surface area (Å²) in [7, 11) is 0. The molecule has 1 heterocycles. The minimum absolute atomic E-state index is 0.586. The van der Waals surface area contributed by atoms with Gasteiger partial charge in [-0.15, -0.1) is 0 Å². The number of anilines is 4. The van der Waals surface area contributed by atoms with Gasteiger partial charge in [0.25, 0.3) is 0 Å². The van der Waals surface area contributed by atoms with Gasteiger partial charge in [-0.25, -0.2) is 4.98 Å². The van der Waals surface area contributed by atoms with E-state index >= 15 is 0 Å². The molecular formula is C19H20N4. The molecule has 23 heavy (non-hydrogen) atoms. The van der Waals surface area contributed by atoms with E-state index < -0.39 is 0 Å². The molecule has 4 nitrogen and oxygen atoms in total. The van der Waals surface area contributed by atoms with Gasteiger partial charge in [0, 0.05) is 23.1 Å². The van der Waals surface area contributed by atoms with Crippen molar-refractivity contribution in [1.82, 2.24) is 9.97 Å². The van der Waals surface area contributed by atoms with Gasteiger partial charge >= 0.3 is 0 Å². The lowest BCUT2D eigenvalue weighted by Gasteiger charge is -2.11. The summed E-state index contributed by atoms with van der Waals surface area (Å²) in [5.74, 6) is 1.36.